The molecule has 1 aliphatic rings. The predicted octanol–water partition coefficient (Wildman–Crippen LogP) is 3.82. The number of ether oxygens (including phenoxy) is 3. The molecular formula is C19H17ClFNO5. The third-order valence-corrected chi connectivity index (χ3v) is 4.10. The number of carbonyl (C=O) groups excluding carboxylic acids is 2. The van der Waals surface area contributed by atoms with Gasteiger partial charge in [0.2, 0.25) is 0 Å². The molecule has 2 aromatic rings. The Labute approximate surface area is 160 Å². The summed E-state index contributed by atoms with van der Waals surface area (Å²) in [7, 11) is 0. The zero-order valence-electron chi connectivity index (χ0n) is 14.5. The topological polar surface area (TPSA) is 73.9 Å². The normalized spacial score (nSPS) is 14.0. The Morgan fingerprint density at radius 3 is 2.74 bits per heavy atom. The maximum atomic E-state index is 13.6. The molecule has 8 heteroatoms. The van der Waals surface area contributed by atoms with E-state index in [1.165, 1.54) is 37.3 Å². The van der Waals surface area contributed by atoms with Gasteiger partial charge in [-0.15, -0.1) is 0 Å². The van der Waals surface area contributed by atoms with Crippen LogP contribution >= 0.6 is 11.6 Å². The number of rotatable bonds is 4. The lowest BCUT2D eigenvalue weighted by Crippen LogP contribution is -2.30. The van der Waals surface area contributed by atoms with Gasteiger partial charge in [-0.2, -0.15) is 0 Å². The van der Waals surface area contributed by atoms with Crippen LogP contribution in [0.5, 0.6) is 11.5 Å². The average Bonchev–Trinajstić information content (AvgIpc) is 2.89. The number of hydrogen-bond donors (Lipinski definition) is 1. The summed E-state index contributed by atoms with van der Waals surface area (Å²) in [5.74, 6) is -1.29. The third kappa shape index (κ3) is 4.49. The molecule has 0 aliphatic carbocycles. The van der Waals surface area contributed by atoms with Gasteiger partial charge in [-0.3, -0.25) is 4.79 Å². The number of nitrogens with one attached hydrogen (secondary N) is 1. The van der Waals surface area contributed by atoms with Crippen LogP contribution in [0, 0.1) is 5.82 Å². The van der Waals surface area contributed by atoms with Crippen molar-refractivity contribution in [3.63, 3.8) is 0 Å². The van der Waals surface area contributed by atoms with Crippen molar-refractivity contribution in [2.45, 2.75) is 19.4 Å². The quantitative estimate of drug-likeness (QED) is 0.799. The monoisotopic (exact) mass is 393 g/mol. The fourth-order valence-electron chi connectivity index (χ4n) is 2.43. The molecule has 1 atom stereocenters. The molecule has 1 heterocycles. The molecule has 0 radical (unpaired) electrons. The minimum absolute atomic E-state index is 0.00372. The second-order valence-corrected chi connectivity index (χ2v) is 6.26. The highest BCUT2D eigenvalue weighted by atomic mass is 35.5. The first-order chi connectivity index (χ1) is 13.0. The molecule has 1 unspecified atom stereocenters. The summed E-state index contributed by atoms with van der Waals surface area (Å²) in [6.45, 7) is 2.28. The number of hydrogen-bond acceptors (Lipinski definition) is 5. The van der Waals surface area contributed by atoms with Gasteiger partial charge in [0.05, 0.1) is 29.5 Å². The SMILES string of the molecule is CC(OC(=O)c1cc(Cl)c2c(c1)OCCCO2)C(=O)Nc1ccccc1F. The highest BCUT2D eigenvalue weighted by Gasteiger charge is 2.23. The molecule has 27 heavy (non-hydrogen) atoms. The van der Waals surface area contributed by atoms with Crippen molar-refractivity contribution in [3.8, 4) is 11.5 Å². The van der Waals surface area contributed by atoms with Gasteiger partial charge < -0.3 is 19.5 Å². The third-order valence-electron chi connectivity index (χ3n) is 3.82. The van der Waals surface area contributed by atoms with Gasteiger partial charge in [0, 0.05) is 6.42 Å². The smallest absolute Gasteiger partial charge is 0.339 e. The molecule has 0 saturated heterocycles. The number of halogens is 2. The first-order valence-corrected chi connectivity index (χ1v) is 8.69. The Morgan fingerprint density at radius 2 is 1.96 bits per heavy atom. The standard InChI is InChI=1S/C19H17ClFNO5/c1-11(18(23)22-15-6-3-2-5-14(15)21)27-19(24)12-9-13(20)17-16(10-12)25-7-4-8-26-17/h2-3,5-6,9-11H,4,7-8H2,1H3,(H,22,23). The van der Waals surface area contributed by atoms with Crippen molar-refractivity contribution >= 4 is 29.2 Å². The van der Waals surface area contributed by atoms with Crippen molar-refractivity contribution in [3.05, 3.63) is 52.8 Å². The Balaban J connectivity index is 1.69. The molecule has 6 nitrogen and oxygen atoms in total. The van der Waals surface area contributed by atoms with E-state index >= 15 is 0 Å². The summed E-state index contributed by atoms with van der Waals surface area (Å²) in [6, 6.07) is 8.55. The van der Waals surface area contributed by atoms with Crippen LogP contribution in [-0.4, -0.2) is 31.2 Å². The minimum Gasteiger partial charge on any atom is -0.489 e. The number of fused-ring (bicyclic) bond motifs is 1. The second-order valence-electron chi connectivity index (χ2n) is 5.85. The van der Waals surface area contributed by atoms with Gasteiger partial charge in [-0.1, -0.05) is 23.7 Å². The fraction of sp³-hybridized carbons (Fsp3) is 0.263. The van der Waals surface area contributed by atoms with E-state index in [0.29, 0.717) is 31.1 Å². The lowest BCUT2D eigenvalue weighted by atomic mass is 10.2. The fourth-order valence-corrected chi connectivity index (χ4v) is 2.69. The van der Waals surface area contributed by atoms with Crippen molar-refractivity contribution in [2.75, 3.05) is 18.5 Å². The van der Waals surface area contributed by atoms with Gasteiger partial charge in [0.25, 0.3) is 5.91 Å². The van der Waals surface area contributed by atoms with Crippen LogP contribution in [0.4, 0.5) is 10.1 Å². The van der Waals surface area contributed by atoms with Gasteiger partial charge in [0.15, 0.2) is 17.6 Å². The lowest BCUT2D eigenvalue weighted by Gasteiger charge is -2.15. The Morgan fingerprint density at radius 1 is 1.22 bits per heavy atom. The van der Waals surface area contributed by atoms with E-state index in [1.807, 2.05) is 0 Å². The molecule has 0 saturated carbocycles. The van der Waals surface area contributed by atoms with E-state index in [9.17, 15) is 14.0 Å². The first kappa shape index (κ1) is 19.0. The van der Waals surface area contributed by atoms with Crippen LogP contribution in [0.3, 0.4) is 0 Å². The Hall–Kier alpha value is -2.80. The summed E-state index contributed by atoms with van der Waals surface area (Å²) in [5, 5.41) is 2.59. The van der Waals surface area contributed by atoms with Crippen LogP contribution in [0.15, 0.2) is 36.4 Å². The predicted molar refractivity (Wildman–Crippen MR) is 97.0 cm³/mol. The number of anilines is 1. The number of benzene rings is 2. The molecule has 142 valence electrons. The van der Waals surface area contributed by atoms with Crippen LogP contribution in [0.25, 0.3) is 0 Å². The molecule has 1 amide bonds. The number of carbonyl (C=O) groups is 2. The minimum atomic E-state index is -1.15. The van der Waals surface area contributed by atoms with Crippen molar-refractivity contribution < 1.29 is 28.2 Å². The zero-order chi connectivity index (χ0) is 19.4. The number of para-hydroxylation sites is 1. The maximum Gasteiger partial charge on any atom is 0.339 e. The molecule has 0 fully saturated rings. The summed E-state index contributed by atoms with van der Waals surface area (Å²) in [5.41, 5.74) is 0.124. The zero-order valence-corrected chi connectivity index (χ0v) is 15.2. The van der Waals surface area contributed by atoms with Crippen molar-refractivity contribution in [1.29, 1.82) is 0 Å². The molecule has 3 rings (SSSR count). The van der Waals surface area contributed by atoms with E-state index in [2.05, 4.69) is 5.32 Å². The highest BCUT2D eigenvalue weighted by molar-refractivity contribution is 6.32. The second kappa shape index (κ2) is 8.26. The number of esters is 1. The van der Waals surface area contributed by atoms with E-state index in [-0.39, 0.29) is 16.3 Å². The first-order valence-electron chi connectivity index (χ1n) is 8.31. The van der Waals surface area contributed by atoms with Crippen LogP contribution < -0.4 is 14.8 Å². The molecular weight excluding hydrogens is 377 g/mol. The highest BCUT2D eigenvalue weighted by Crippen LogP contribution is 2.38. The molecule has 1 aliphatic heterocycles. The molecule has 0 aromatic heterocycles. The Kier molecular flexibility index (Phi) is 5.81. The van der Waals surface area contributed by atoms with Gasteiger partial charge in [0.1, 0.15) is 5.82 Å². The molecule has 1 N–H and O–H groups in total. The number of amides is 1. The van der Waals surface area contributed by atoms with Crippen LogP contribution in [0.1, 0.15) is 23.7 Å². The summed E-state index contributed by atoms with van der Waals surface area (Å²) < 4.78 is 29.8. The van der Waals surface area contributed by atoms with Gasteiger partial charge >= 0.3 is 5.97 Å². The largest absolute Gasteiger partial charge is 0.489 e. The van der Waals surface area contributed by atoms with Crippen LogP contribution in [-0.2, 0) is 9.53 Å². The Bertz CT molecular complexity index is 873. The summed E-state index contributed by atoms with van der Waals surface area (Å²) in [4.78, 5) is 24.5. The van der Waals surface area contributed by atoms with E-state index in [0.717, 1.165) is 0 Å². The van der Waals surface area contributed by atoms with E-state index < -0.39 is 23.8 Å². The van der Waals surface area contributed by atoms with E-state index in [4.69, 9.17) is 25.8 Å². The lowest BCUT2D eigenvalue weighted by molar-refractivity contribution is -0.123. The van der Waals surface area contributed by atoms with Gasteiger partial charge in [-0.05, 0) is 31.2 Å². The molecule has 0 spiro atoms. The van der Waals surface area contributed by atoms with Crippen molar-refractivity contribution in [2.24, 2.45) is 0 Å². The van der Waals surface area contributed by atoms with E-state index in [1.54, 1.807) is 6.07 Å². The average molecular weight is 394 g/mol. The van der Waals surface area contributed by atoms with Gasteiger partial charge in [-0.25, -0.2) is 9.18 Å². The molecule has 2 aromatic carbocycles. The van der Waals surface area contributed by atoms with Crippen molar-refractivity contribution in [1.82, 2.24) is 0 Å². The van der Waals surface area contributed by atoms with Crippen LogP contribution in [0.2, 0.25) is 5.02 Å². The summed E-state index contributed by atoms with van der Waals surface area (Å²) in [6.07, 6.45) is -0.454. The summed E-state index contributed by atoms with van der Waals surface area (Å²) >= 11 is 6.15. The molecule has 0 bridgehead atoms. The maximum absolute atomic E-state index is 13.6.